The molecule has 1 N–H and O–H groups in total. The number of hydrogen-bond acceptors (Lipinski definition) is 4. The van der Waals surface area contributed by atoms with Crippen LogP contribution in [-0.2, 0) is 25.6 Å². The predicted octanol–water partition coefficient (Wildman–Crippen LogP) is 2.06. The van der Waals surface area contributed by atoms with E-state index in [2.05, 4.69) is 4.98 Å². The molecule has 1 aliphatic carbocycles. The summed E-state index contributed by atoms with van der Waals surface area (Å²) in [6, 6.07) is 7.95. The van der Waals surface area contributed by atoms with Crippen LogP contribution >= 0.6 is 0 Å². The lowest BCUT2D eigenvalue weighted by atomic mass is 9.88. The van der Waals surface area contributed by atoms with E-state index < -0.39 is 0 Å². The van der Waals surface area contributed by atoms with Crippen LogP contribution in [0.25, 0.3) is 10.9 Å². The van der Waals surface area contributed by atoms with Gasteiger partial charge in [-0.15, -0.1) is 0 Å². The average Bonchev–Trinajstić information content (AvgIpc) is 3.19. The van der Waals surface area contributed by atoms with Crippen molar-refractivity contribution in [1.29, 1.82) is 0 Å². The van der Waals surface area contributed by atoms with Crippen LogP contribution in [0.2, 0.25) is 0 Å². The number of carbonyl (C=O) groups excluding carboxylic acids is 4. The van der Waals surface area contributed by atoms with Gasteiger partial charge in [0.15, 0.2) is 11.6 Å². The third-order valence-electron chi connectivity index (χ3n) is 6.08. The lowest BCUT2D eigenvalue weighted by Gasteiger charge is -2.40. The maximum Gasteiger partial charge on any atom is 0.271 e. The first-order valence-electron chi connectivity index (χ1n) is 10.4. The highest BCUT2D eigenvalue weighted by Gasteiger charge is 2.40. The number of nitrogens with one attached hydrogen (secondary N) is 1. The molecule has 31 heavy (non-hydrogen) atoms. The fraction of sp³-hybridized carbons (Fsp3) is 0.250. The van der Waals surface area contributed by atoms with Gasteiger partial charge >= 0.3 is 0 Å². The van der Waals surface area contributed by atoms with Crippen LogP contribution in [0.1, 0.15) is 18.4 Å². The Balaban J connectivity index is 1.46. The first-order chi connectivity index (χ1) is 15.0. The van der Waals surface area contributed by atoms with Crippen molar-refractivity contribution in [3.8, 4) is 0 Å². The molecule has 3 heterocycles. The number of fused-ring (bicyclic) bond motifs is 2. The summed E-state index contributed by atoms with van der Waals surface area (Å²) in [4.78, 5) is 56.8. The van der Waals surface area contributed by atoms with Crippen LogP contribution in [0.4, 0.5) is 0 Å². The van der Waals surface area contributed by atoms with E-state index in [4.69, 9.17) is 0 Å². The van der Waals surface area contributed by atoms with Gasteiger partial charge in [-0.05, 0) is 54.7 Å². The summed E-state index contributed by atoms with van der Waals surface area (Å²) in [6.45, 7) is 0.859. The minimum absolute atomic E-state index is 0.0177. The van der Waals surface area contributed by atoms with Gasteiger partial charge in [-0.2, -0.15) is 0 Å². The van der Waals surface area contributed by atoms with Gasteiger partial charge < -0.3 is 14.8 Å². The van der Waals surface area contributed by atoms with Gasteiger partial charge in [0.2, 0.25) is 5.91 Å². The molecule has 0 spiro atoms. The van der Waals surface area contributed by atoms with E-state index in [0.29, 0.717) is 37.9 Å². The predicted molar refractivity (Wildman–Crippen MR) is 114 cm³/mol. The zero-order valence-electron chi connectivity index (χ0n) is 16.9. The molecule has 0 bridgehead atoms. The zero-order chi connectivity index (χ0) is 21.5. The van der Waals surface area contributed by atoms with Gasteiger partial charge in [0.05, 0.1) is 0 Å². The summed E-state index contributed by atoms with van der Waals surface area (Å²) < 4.78 is 0. The van der Waals surface area contributed by atoms with E-state index in [1.54, 1.807) is 4.90 Å². The number of hydrogen-bond donors (Lipinski definition) is 1. The molecule has 0 unspecified atom stereocenters. The topological polar surface area (TPSA) is 90.5 Å². The van der Waals surface area contributed by atoms with Gasteiger partial charge in [0.1, 0.15) is 12.2 Å². The second-order valence-electron chi connectivity index (χ2n) is 7.97. The molecule has 0 radical (unpaired) electrons. The van der Waals surface area contributed by atoms with Crippen molar-refractivity contribution in [3.63, 3.8) is 0 Å². The molecule has 1 aromatic carbocycles. The van der Waals surface area contributed by atoms with Crippen molar-refractivity contribution in [2.45, 2.75) is 19.3 Å². The second-order valence-corrected chi connectivity index (χ2v) is 7.97. The number of amides is 2. The van der Waals surface area contributed by atoms with Crippen LogP contribution in [0.5, 0.6) is 0 Å². The highest BCUT2D eigenvalue weighted by Crippen LogP contribution is 2.33. The summed E-state index contributed by atoms with van der Waals surface area (Å²) in [5, 5.41) is 1.10. The third-order valence-corrected chi connectivity index (χ3v) is 6.08. The number of benzene rings is 1. The fourth-order valence-corrected chi connectivity index (χ4v) is 4.55. The van der Waals surface area contributed by atoms with Gasteiger partial charge in [-0.25, -0.2) is 0 Å². The Hall–Kier alpha value is -3.74. The molecule has 3 aliphatic rings. The number of carbonyl (C=O) groups is 4. The smallest absolute Gasteiger partial charge is 0.271 e. The monoisotopic (exact) mass is 415 g/mol. The Kier molecular flexibility index (Phi) is 4.66. The Bertz CT molecular complexity index is 1230. The number of nitrogens with zero attached hydrogens (tertiary/aromatic N) is 2. The molecule has 7 nitrogen and oxygen atoms in total. The number of H-pyrrole nitrogens is 1. The minimum atomic E-state index is -0.305. The molecule has 2 aliphatic heterocycles. The van der Waals surface area contributed by atoms with E-state index in [-0.39, 0.29) is 41.2 Å². The molecule has 1 aromatic heterocycles. The first kappa shape index (κ1) is 19.2. The Morgan fingerprint density at radius 1 is 1.03 bits per heavy atom. The van der Waals surface area contributed by atoms with Gasteiger partial charge in [-0.1, -0.05) is 18.2 Å². The SMILES string of the molecule is O=C1C=CC(=O)C(C2=C3C(=O)N(CCc4c[nH]c5ccccc45)CC(=O)N3CCC2)=C1. The number of piperazine rings is 1. The lowest BCUT2D eigenvalue weighted by Crippen LogP contribution is -2.54. The Morgan fingerprint density at radius 2 is 1.87 bits per heavy atom. The molecular formula is C24H21N3O4. The van der Waals surface area contributed by atoms with Crippen molar-refractivity contribution >= 4 is 34.3 Å². The van der Waals surface area contributed by atoms with Crippen molar-refractivity contribution in [1.82, 2.24) is 14.8 Å². The maximum absolute atomic E-state index is 13.4. The van der Waals surface area contributed by atoms with Crippen molar-refractivity contribution in [3.05, 3.63) is 71.1 Å². The number of para-hydroxylation sites is 1. The molecular weight excluding hydrogens is 394 g/mol. The Morgan fingerprint density at radius 3 is 2.74 bits per heavy atom. The van der Waals surface area contributed by atoms with Crippen LogP contribution in [-0.4, -0.2) is 57.8 Å². The molecule has 156 valence electrons. The summed E-state index contributed by atoms with van der Waals surface area (Å²) in [6.07, 6.45) is 7.40. The summed E-state index contributed by atoms with van der Waals surface area (Å²) >= 11 is 0. The molecule has 1 fully saturated rings. The lowest BCUT2D eigenvalue weighted by molar-refractivity contribution is -0.145. The van der Waals surface area contributed by atoms with Gasteiger partial charge in [0.25, 0.3) is 5.91 Å². The summed E-state index contributed by atoms with van der Waals surface area (Å²) in [7, 11) is 0. The summed E-state index contributed by atoms with van der Waals surface area (Å²) in [5.41, 5.74) is 3.10. The average molecular weight is 415 g/mol. The number of rotatable bonds is 4. The minimum Gasteiger partial charge on any atom is -0.361 e. The van der Waals surface area contributed by atoms with Crippen LogP contribution in [0.15, 0.2) is 65.5 Å². The maximum atomic E-state index is 13.4. The second kappa shape index (κ2) is 7.50. The highest BCUT2D eigenvalue weighted by molar-refractivity contribution is 6.20. The number of aromatic amines is 1. The van der Waals surface area contributed by atoms with Crippen LogP contribution < -0.4 is 0 Å². The van der Waals surface area contributed by atoms with E-state index in [9.17, 15) is 19.2 Å². The van der Waals surface area contributed by atoms with E-state index >= 15 is 0 Å². The molecule has 2 aromatic rings. The van der Waals surface area contributed by atoms with E-state index in [1.165, 1.54) is 23.1 Å². The molecule has 7 heteroatoms. The van der Waals surface area contributed by atoms with Gasteiger partial charge in [-0.3, -0.25) is 19.2 Å². The standard InChI is InChI=1S/C24H21N3O4/c28-16-7-8-21(29)19(12-16)18-5-3-10-27-22(30)14-26(24(31)23(18)27)11-9-15-13-25-20-6-2-1-4-17(15)20/h1-2,4,6-8,12-13,25H,3,5,9-11,14H2. The molecule has 0 saturated carbocycles. The van der Waals surface area contributed by atoms with E-state index in [1.807, 2.05) is 30.5 Å². The van der Waals surface area contributed by atoms with Crippen molar-refractivity contribution in [2.24, 2.45) is 0 Å². The summed E-state index contributed by atoms with van der Waals surface area (Å²) in [5.74, 6) is -1.01. The molecule has 1 saturated heterocycles. The Labute approximate surface area is 178 Å². The quantitative estimate of drug-likeness (QED) is 0.774. The van der Waals surface area contributed by atoms with E-state index in [0.717, 1.165) is 16.5 Å². The zero-order valence-corrected chi connectivity index (χ0v) is 16.9. The fourth-order valence-electron chi connectivity index (χ4n) is 4.55. The normalized spacial score (nSPS) is 19.4. The van der Waals surface area contributed by atoms with Crippen molar-refractivity contribution < 1.29 is 19.2 Å². The van der Waals surface area contributed by atoms with Gasteiger partial charge in [0, 0.05) is 35.8 Å². The largest absolute Gasteiger partial charge is 0.361 e. The number of ketones is 2. The molecule has 5 rings (SSSR count). The highest BCUT2D eigenvalue weighted by atomic mass is 16.2. The molecule has 2 amide bonds. The number of allylic oxidation sites excluding steroid dienone is 5. The molecule has 0 atom stereocenters. The van der Waals surface area contributed by atoms with Crippen LogP contribution in [0, 0.1) is 0 Å². The third kappa shape index (κ3) is 3.32. The first-order valence-corrected chi connectivity index (χ1v) is 10.4. The number of aromatic nitrogens is 1. The van der Waals surface area contributed by atoms with Crippen LogP contribution in [0.3, 0.4) is 0 Å². The van der Waals surface area contributed by atoms with Crippen molar-refractivity contribution in [2.75, 3.05) is 19.6 Å².